The van der Waals surface area contributed by atoms with Crippen LogP contribution in [0.4, 0.5) is 0 Å². The van der Waals surface area contributed by atoms with Gasteiger partial charge in [0.1, 0.15) is 16.9 Å². The summed E-state index contributed by atoms with van der Waals surface area (Å²) in [6, 6.07) is 15.5. The summed E-state index contributed by atoms with van der Waals surface area (Å²) in [5.74, 6) is 0.100. The maximum atomic E-state index is 12.3. The molecule has 0 radical (unpaired) electrons. The lowest BCUT2D eigenvalue weighted by atomic mass is 10.0. The van der Waals surface area contributed by atoms with Gasteiger partial charge >= 0.3 is 0 Å². The summed E-state index contributed by atoms with van der Waals surface area (Å²) in [7, 11) is -3.34. The Morgan fingerprint density at radius 3 is 2.41 bits per heavy atom. The highest BCUT2D eigenvalue weighted by Crippen LogP contribution is 2.27. The summed E-state index contributed by atoms with van der Waals surface area (Å²) in [4.78, 5) is 12.5. The number of carbonyl (C=O) groups excluding carboxylic acids is 1. The van der Waals surface area contributed by atoms with E-state index in [0.29, 0.717) is 16.9 Å². The van der Waals surface area contributed by atoms with E-state index in [0.717, 1.165) is 5.39 Å². The SMILES string of the molecule is CC(C)S(=O)(=O)c1ccc(CC(=O)NCC(C)(O)c2cc3ccccc3o2)cc1. The lowest BCUT2D eigenvalue weighted by Gasteiger charge is -2.21. The molecular formula is C22H25NO5S. The van der Waals surface area contributed by atoms with Crippen LogP contribution in [0.3, 0.4) is 0 Å². The van der Waals surface area contributed by atoms with Crippen molar-refractivity contribution >= 4 is 26.7 Å². The number of fused-ring (bicyclic) bond motifs is 1. The Morgan fingerprint density at radius 2 is 1.79 bits per heavy atom. The van der Waals surface area contributed by atoms with Crippen LogP contribution >= 0.6 is 0 Å². The normalized spacial score (nSPS) is 14.1. The average molecular weight is 416 g/mol. The van der Waals surface area contributed by atoms with E-state index in [4.69, 9.17) is 4.42 Å². The summed E-state index contributed by atoms with van der Waals surface area (Å²) in [5, 5.41) is 13.8. The van der Waals surface area contributed by atoms with E-state index in [1.54, 1.807) is 39.0 Å². The Labute approximate surface area is 170 Å². The van der Waals surface area contributed by atoms with Crippen molar-refractivity contribution in [1.82, 2.24) is 5.32 Å². The number of amides is 1. The molecule has 154 valence electrons. The molecule has 0 aliphatic heterocycles. The Bertz CT molecular complexity index is 1080. The summed E-state index contributed by atoms with van der Waals surface area (Å²) in [6.45, 7) is 4.83. The van der Waals surface area contributed by atoms with Crippen molar-refractivity contribution < 1.29 is 22.7 Å². The molecule has 0 aliphatic rings. The minimum Gasteiger partial charge on any atom is -0.458 e. The molecule has 0 saturated heterocycles. The van der Waals surface area contributed by atoms with Gasteiger partial charge in [0.2, 0.25) is 5.91 Å². The average Bonchev–Trinajstić information content (AvgIpc) is 3.12. The fraction of sp³-hybridized carbons (Fsp3) is 0.318. The third-order valence-electron chi connectivity index (χ3n) is 4.82. The summed E-state index contributed by atoms with van der Waals surface area (Å²) in [5.41, 5.74) is 0.00304. The molecule has 1 aromatic heterocycles. The van der Waals surface area contributed by atoms with Gasteiger partial charge in [-0.2, -0.15) is 0 Å². The Hall–Kier alpha value is -2.64. The van der Waals surface area contributed by atoms with Crippen LogP contribution in [0.1, 0.15) is 32.1 Å². The van der Waals surface area contributed by atoms with Crippen molar-refractivity contribution in [3.05, 3.63) is 65.9 Å². The lowest BCUT2D eigenvalue weighted by Crippen LogP contribution is -2.39. The van der Waals surface area contributed by atoms with Gasteiger partial charge in [-0.15, -0.1) is 0 Å². The first-order valence-electron chi connectivity index (χ1n) is 9.40. The second-order valence-electron chi connectivity index (χ2n) is 7.61. The number of para-hydroxylation sites is 1. The quantitative estimate of drug-likeness (QED) is 0.618. The molecule has 7 heteroatoms. The van der Waals surface area contributed by atoms with Crippen LogP contribution in [0.2, 0.25) is 0 Å². The number of nitrogens with one attached hydrogen (secondary N) is 1. The number of rotatable bonds is 7. The molecule has 3 rings (SSSR count). The van der Waals surface area contributed by atoms with Gasteiger partial charge in [-0.1, -0.05) is 30.3 Å². The predicted octanol–water partition coefficient (Wildman–Crippen LogP) is 3.18. The Balaban J connectivity index is 1.62. The molecule has 1 amide bonds. The lowest BCUT2D eigenvalue weighted by molar-refractivity contribution is -0.121. The van der Waals surface area contributed by atoms with E-state index in [1.807, 2.05) is 24.3 Å². The van der Waals surface area contributed by atoms with Gasteiger partial charge in [-0.05, 0) is 50.6 Å². The Morgan fingerprint density at radius 1 is 1.14 bits per heavy atom. The minimum atomic E-state index is -3.34. The third kappa shape index (κ3) is 4.68. The van der Waals surface area contributed by atoms with E-state index in [9.17, 15) is 18.3 Å². The van der Waals surface area contributed by atoms with Crippen molar-refractivity contribution in [1.29, 1.82) is 0 Å². The zero-order chi connectivity index (χ0) is 21.2. The van der Waals surface area contributed by atoms with Gasteiger partial charge in [0.15, 0.2) is 9.84 Å². The summed E-state index contributed by atoms with van der Waals surface area (Å²) in [6.07, 6.45) is 0.0816. The molecule has 1 unspecified atom stereocenters. The van der Waals surface area contributed by atoms with Crippen LogP contribution in [-0.4, -0.2) is 31.2 Å². The fourth-order valence-corrected chi connectivity index (χ4v) is 3.98. The van der Waals surface area contributed by atoms with Crippen molar-refractivity contribution in [3.63, 3.8) is 0 Å². The molecule has 2 aromatic carbocycles. The van der Waals surface area contributed by atoms with Crippen LogP contribution < -0.4 is 5.32 Å². The molecule has 0 saturated carbocycles. The number of hydrogen-bond acceptors (Lipinski definition) is 5. The molecule has 1 atom stereocenters. The highest BCUT2D eigenvalue weighted by atomic mass is 32.2. The second-order valence-corrected chi connectivity index (χ2v) is 10.1. The molecule has 3 aromatic rings. The highest BCUT2D eigenvalue weighted by molar-refractivity contribution is 7.92. The second kappa shape index (κ2) is 8.00. The van der Waals surface area contributed by atoms with Crippen LogP contribution in [0.5, 0.6) is 0 Å². The number of hydrogen-bond donors (Lipinski definition) is 2. The molecule has 2 N–H and O–H groups in total. The van der Waals surface area contributed by atoms with Crippen LogP contribution in [-0.2, 0) is 26.7 Å². The smallest absolute Gasteiger partial charge is 0.224 e. The molecule has 6 nitrogen and oxygen atoms in total. The van der Waals surface area contributed by atoms with Crippen molar-refractivity contribution in [3.8, 4) is 0 Å². The highest BCUT2D eigenvalue weighted by Gasteiger charge is 2.28. The third-order valence-corrected chi connectivity index (χ3v) is 6.99. The topological polar surface area (TPSA) is 96.6 Å². The standard InChI is InChI=1S/C22H25NO5S/c1-15(2)29(26,27)18-10-8-16(9-11-18)12-21(24)23-14-22(3,25)20-13-17-6-4-5-7-19(17)28-20/h4-11,13,15,25H,12,14H2,1-3H3,(H,23,24). The van der Waals surface area contributed by atoms with E-state index in [2.05, 4.69) is 5.32 Å². The monoisotopic (exact) mass is 415 g/mol. The van der Waals surface area contributed by atoms with Gasteiger partial charge in [0.25, 0.3) is 0 Å². The van der Waals surface area contributed by atoms with Gasteiger partial charge in [0, 0.05) is 5.39 Å². The maximum absolute atomic E-state index is 12.3. The summed E-state index contributed by atoms with van der Waals surface area (Å²) < 4.78 is 30.0. The molecule has 0 aliphatic carbocycles. The summed E-state index contributed by atoms with van der Waals surface area (Å²) >= 11 is 0. The number of furan rings is 1. The van der Waals surface area contributed by atoms with Gasteiger partial charge in [-0.3, -0.25) is 4.79 Å². The van der Waals surface area contributed by atoms with Crippen molar-refractivity contribution in [2.75, 3.05) is 6.54 Å². The number of benzene rings is 2. The molecule has 0 spiro atoms. The molecule has 29 heavy (non-hydrogen) atoms. The van der Waals surface area contributed by atoms with Crippen LogP contribution in [0.25, 0.3) is 11.0 Å². The van der Waals surface area contributed by atoms with E-state index >= 15 is 0 Å². The molecule has 0 fully saturated rings. The van der Waals surface area contributed by atoms with Crippen molar-refractivity contribution in [2.24, 2.45) is 0 Å². The van der Waals surface area contributed by atoms with Crippen molar-refractivity contribution in [2.45, 2.75) is 42.9 Å². The van der Waals surface area contributed by atoms with Gasteiger partial charge in [0.05, 0.1) is 23.1 Å². The van der Waals surface area contributed by atoms with Gasteiger partial charge in [-0.25, -0.2) is 8.42 Å². The fourth-order valence-electron chi connectivity index (χ4n) is 2.92. The maximum Gasteiger partial charge on any atom is 0.224 e. The largest absolute Gasteiger partial charge is 0.458 e. The van der Waals surface area contributed by atoms with Gasteiger partial charge < -0.3 is 14.8 Å². The molecule has 1 heterocycles. The minimum absolute atomic E-state index is 0.00846. The number of sulfone groups is 1. The Kier molecular flexibility index (Phi) is 5.82. The van der Waals surface area contributed by atoms with Crippen LogP contribution in [0, 0.1) is 0 Å². The zero-order valence-corrected chi connectivity index (χ0v) is 17.5. The first-order chi connectivity index (χ1) is 13.6. The first kappa shape index (κ1) is 21.1. The van der Waals surface area contributed by atoms with E-state index < -0.39 is 20.7 Å². The predicted molar refractivity (Wildman–Crippen MR) is 111 cm³/mol. The zero-order valence-electron chi connectivity index (χ0n) is 16.7. The first-order valence-corrected chi connectivity index (χ1v) is 11.0. The van der Waals surface area contributed by atoms with E-state index in [-0.39, 0.29) is 23.8 Å². The number of aliphatic hydroxyl groups is 1. The van der Waals surface area contributed by atoms with Crippen LogP contribution in [0.15, 0.2) is 63.9 Å². The molecule has 0 bridgehead atoms. The number of carbonyl (C=O) groups is 1. The van der Waals surface area contributed by atoms with E-state index in [1.165, 1.54) is 12.1 Å². The molecular weight excluding hydrogens is 390 g/mol.